The number of hydrogen-bond acceptors (Lipinski definition) is 3. The molecule has 29 heavy (non-hydrogen) atoms. The molecule has 2 aromatic carbocycles. The van der Waals surface area contributed by atoms with Crippen molar-refractivity contribution in [2.24, 2.45) is 5.92 Å². The fourth-order valence-corrected chi connectivity index (χ4v) is 4.07. The molecule has 0 aliphatic carbocycles. The second-order valence-corrected chi connectivity index (χ2v) is 8.28. The number of H-pyrrole nitrogens is 1. The lowest BCUT2D eigenvalue weighted by atomic mass is 9.95. The number of fused-ring (bicyclic) bond motifs is 1. The van der Waals surface area contributed by atoms with Crippen LogP contribution in [0.5, 0.6) is 0 Å². The van der Waals surface area contributed by atoms with Crippen molar-refractivity contribution in [3.8, 4) is 0 Å². The Bertz CT molecular complexity index is 957. The molecule has 152 valence electrons. The number of carbonyl (C=O) groups excluding carboxylic acids is 1. The number of aryl methyl sites for hydroxylation is 2. The van der Waals surface area contributed by atoms with Crippen LogP contribution < -0.4 is 10.2 Å². The van der Waals surface area contributed by atoms with E-state index in [1.54, 1.807) is 0 Å². The minimum absolute atomic E-state index is 0.0945. The zero-order valence-electron chi connectivity index (χ0n) is 17.3. The number of piperidine rings is 1. The first-order chi connectivity index (χ1) is 14.1. The van der Waals surface area contributed by atoms with Crippen molar-refractivity contribution in [1.29, 1.82) is 0 Å². The third kappa shape index (κ3) is 4.78. The van der Waals surface area contributed by atoms with Gasteiger partial charge in [-0.3, -0.25) is 4.79 Å². The van der Waals surface area contributed by atoms with Crippen LogP contribution in [0.15, 0.2) is 48.5 Å². The van der Waals surface area contributed by atoms with Gasteiger partial charge < -0.3 is 15.2 Å². The minimum atomic E-state index is 0.0945. The maximum Gasteiger partial charge on any atom is 0.223 e. The Hall–Kier alpha value is -2.82. The van der Waals surface area contributed by atoms with Gasteiger partial charge in [0.05, 0.1) is 11.0 Å². The van der Waals surface area contributed by atoms with Crippen LogP contribution in [-0.4, -0.2) is 35.0 Å². The van der Waals surface area contributed by atoms with Crippen molar-refractivity contribution in [1.82, 2.24) is 15.3 Å². The van der Waals surface area contributed by atoms with E-state index < -0.39 is 0 Å². The molecule has 4 rings (SSSR count). The van der Waals surface area contributed by atoms with Gasteiger partial charge >= 0.3 is 0 Å². The summed E-state index contributed by atoms with van der Waals surface area (Å²) in [6.07, 6.45) is 3.69. The maximum atomic E-state index is 12.7. The Morgan fingerprint density at radius 3 is 2.72 bits per heavy atom. The molecule has 0 radical (unpaired) electrons. The molecule has 1 atom stereocenters. The number of aromatic amines is 1. The fourth-order valence-electron chi connectivity index (χ4n) is 4.07. The molecule has 1 aliphatic rings. The monoisotopic (exact) mass is 390 g/mol. The topological polar surface area (TPSA) is 61.0 Å². The number of hydrogen-bond donors (Lipinski definition) is 2. The Morgan fingerprint density at radius 1 is 1.21 bits per heavy atom. The molecule has 0 unspecified atom stereocenters. The Balaban J connectivity index is 1.26. The average Bonchev–Trinajstić information content (AvgIpc) is 3.16. The first-order valence-electron chi connectivity index (χ1n) is 10.6. The van der Waals surface area contributed by atoms with Crippen molar-refractivity contribution >= 4 is 22.9 Å². The number of aromatic nitrogens is 2. The SMILES string of the molecule is Cc1ccc2nc(N3CCC(C(=O)N[C@H](C)CCc4ccccc4)CC3)[nH]c2c1. The summed E-state index contributed by atoms with van der Waals surface area (Å²) in [6, 6.07) is 16.9. The number of carbonyl (C=O) groups is 1. The van der Waals surface area contributed by atoms with Crippen LogP contribution in [0.25, 0.3) is 11.0 Å². The number of amides is 1. The van der Waals surface area contributed by atoms with Crippen LogP contribution in [0.1, 0.15) is 37.3 Å². The van der Waals surface area contributed by atoms with E-state index in [1.807, 2.05) is 6.07 Å². The van der Waals surface area contributed by atoms with Crippen LogP contribution in [-0.2, 0) is 11.2 Å². The Labute approximate surface area is 172 Å². The Morgan fingerprint density at radius 2 is 1.97 bits per heavy atom. The van der Waals surface area contributed by atoms with Crippen molar-refractivity contribution < 1.29 is 4.79 Å². The van der Waals surface area contributed by atoms with Crippen molar-refractivity contribution in [2.75, 3.05) is 18.0 Å². The van der Waals surface area contributed by atoms with Crippen molar-refractivity contribution in [3.05, 3.63) is 59.7 Å². The summed E-state index contributed by atoms with van der Waals surface area (Å²) >= 11 is 0. The van der Waals surface area contributed by atoms with E-state index in [0.29, 0.717) is 0 Å². The van der Waals surface area contributed by atoms with E-state index >= 15 is 0 Å². The standard InChI is InChI=1S/C24H30N4O/c1-17-8-11-21-22(16-17)27-24(26-21)28-14-12-20(13-15-28)23(29)25-18(2)9-10-19-6-4-3-5-7-19/h3-8,11,16,18,20H,9-10,12-15H2,1-2H3,(H,25,29)(H,26,27)/t18-/m1/s1. The lowest BCUT2D eigenvalue weighted by Crippen LogP contribution is -2.43. The van der Waals surface area contributed by atoms with E-state index in [9.17, 15) is 4.79 Å². The zero-order valence-corrected chi connectivity index (χ0v) is 17.3. The smallest absolute Gasteiger partial charge is 0.223 e. The normalized spacial score (nSPS) is 16.1. The second-order valence-electron chi connectivity index (χ2n) is 8.28. The van der Waals surface area contributed by atoms with Crippen LogP contribution in [0.2, 0.25) is 0 Å². The largest absolute Gasteiger partial charge is 0.353 e. The van der Waals surface area contributed by atoms with Crippen LogP contribution in [0.3, 0.4) is 0 Å². The molecule has 0 spiro atoms. The van der Waals surface area contributed by atoms with Gasteiger partial charge in [0.2, 0.25) is 11.9 Å². The molecule has 5 heteroatoms. The lowest BCUT2D eigenvalue weighted by Gasteiger charge is -2.31. The quantitative estimate of drug-likeness (QED) is 0.662. The zero-order chi connectivity index (χ0) is 20.2. The van der Waals surface area contributed by atoms with E-state index in [4.69, 9.17) is 4.98 Å². The number of benzene rings is 2. The minimum Gasteiger partial charge on any atom is -0.353 e. The number of nitrogens with one attached hydrogen (secondary N) is 2. The highest BCUT2D eigenvalue weighted by atomic mass is 16.1. The molecular weight excluding hydrogens is 360 g/mol. The fraction of sp³-hybridized carbons (Fsp3) is 0.417. The van der Waals surface area contributed by atoms with Gasteiger partial charge in [0.15, 0.2) is 0 Å². The number of imidazole rings is 1. The molecule has 0 saturated carbocycles. The highest BCUT2D eigenvalue weighted by Gasteiger charge is 2.27. The number of nitrogens with zero attached hydrogens (tertiary/aromatic N) is 2. The number of rotatable bonds is 6. The third-order valence-electron chi connectivity index (χ3n) is 5.89. The second kappa shape index (κ2) is 8.68. The summed E-state index contributed by atoms with van der Waals surface area (Å²) in [5.74, 6) is 1.21. The molecule has 1 saturated heterocycles. The first kappa shape index (κ1) is 19.5. The highest BCUT2D eigenvalue weighted by Crippen LogP contribution is 2.24. The van der Waals surface area contributed by atoms with Crippen LogP contribution >= 0.6 is 0 Å². The maximum absolute atomic E-state index is 12.7. The van der Waals surface area contributed by atoms with Gasteiger partial charge in [-0.2, -0.15) is 0 Å². The predicted octanol–water partition coefficient (Wildman–Crippen LogP) is 4.23. The van der Waals surface area contributed by atoms with Gasteiger partial charge in [0.25, 0.3) is 0 Å². The first-order valence-corrected chi connectivity index (χ1v) is 10.6. The van der Waals surface area contributed by atoms with Crippen LogP contribution in [0, 0.1) is 12.8 Å². The van der Waals surface area contributed by atoms with Crippen molar-refractivity contribution in [2.45, 2.75) is 45.6 Å². The molecule has 1 aliphatic heterocycles. The van der Waals surface area contributed by atoms with Crippen molar-refractivity contribution in [3.63, 3.8) is 0 Å². The predicted molar refractivity (Wildman–Crippen MR) is 118 cm³/mol. The van der Waals surface area contributed by atoms with Crippen LogP contribution in [0.4, 0.5) is 5.95 Å². The summed E-state index contributed by atoms with van der Waals surface area (Å²) in [5.41, 5.74) is 4.62. The van der Waals surface area contributed by atoms with E-state index in [-0.39, 0.29) is 17.9 Å². The molecule has 5 nitrogen and oxygen atoms in total. The molecule has 1 amide bonds. The summed E-state index contributed by atoms with van der Waals surface area (Å²) in [4.78, 5) is 23.1. The molecule has 0 bridgehead atoms. The van der Waals surface area contributed by atoms with Gasteiger partial charge in [-0.15, -0.1) is 0 Å². The lowest BCUT2D eigenvalue weighted by molar-refractivity contribution is -0.126. The summed E-state index contributed by atoms with van der Waals surface area (Å²) in [7, 11) is 0. The summed E-state index contributed by atoms with van der Waals surface area (Å²) in [5, 5.41) is 3.22. The van der Waals surface area contributed by atoms with Gasteiger partial charge in [-0.25, -0.2) is 4.98 Å². The number of anilines is 1. The van der Waals surface area contributed by atoms with Gasteiger partial charge in [0, 0.05) is 25.0 Å². The third-order valence-corrected chi connectivity index (χ3v) is 5.89. The van der Waals surface area contributed by atoms with Gasteiger partial charge in [-0.05, 0) is 62.8 Å². The molecule has 1 aromatic heterocycles. The Kier molecular flexibility index (Phi) is 5.84. The molecule has 2 N–H and O–H groups in total. The highest BCUT2D eigenvalue weighted by molar-refractivity contribution is 5.80. The average molecular weight is 391 g/mol. The van der Waals surface area contributed by atoms with E-state index in [2.05, 4.69) is 71.5 Å². The summed E-state index contributed by atoms with van der Waals surface area (Å²) < 4.78 is 0. The molecular formula is C24H30N4O. The van der Waals surface area contributed by atoms with Gasteiger partial charge in [-0.1, -0.05) is 36.4 Å². The van der Waals surface area contributed by atoms with Gasteiger partial charge in [0.1, 0.15) is 0 Å². The summed E-state index contributed by atoms with van der Waals surface area (Å²) in [6.45, 7) is 5.90. The molecule has 2 heterocycles. The van der Waals surface area contributed by atoms with E-state index in [0.717, 1.165) is 55.8 Å². The molecule has 1 fully saturated rings. The molecule has 3 aromatic rings. The van der Waals surface area contributed by atoms with E-state index in [1.165, 1.54) is 11.1 Å².